The normalized spacial score (nSPS) is 13.6. The molecular formula is C21H25NO5S2. The van der Waals surface area contributed by atoms with E-state index in [0.717, 1.165) is 30.2 Å². The molecule has 2 aromatic rings. The van der Waals surface area contributed by atoms with Crippen LogP contribution in [0.2, 0.25) is 0 Å². The van der Waals surface area contributed by atoms with Crippen molar-refractivity contribution in [3.05, 3.63) is 40.3 Å². The molecule has 0 unspecified atom stereocenters. The highest BCUT2D eigenvalue weighted by Crippen LogP contribution is 2.37. The van der Waals surface area contributed by atoms with Crippen molar-refractivity contribution in [2.24, 2.45) is 0 Å². The molecule has 1 aromatic carbocycles. The zero-order chi connectivity index (χ0) is 21.0. The Balaban J connectivity index is 1.84. The number of aryl methyl sites for hydroxylation is 2. The Morgan fingerprint density at radius 3 is 2.59 bits per heavy atom. The zero-order valence-electron chi connectivity index (χ0n) is 16.6. The van der Waals surface area contributed by atoms with Gasteiger partial charge in [0.1, 0.15) is 20.4 Å². The molecular weight excluding hydrogens is 410 g/mol. The molecule has 3 rings (SSSR count). The first-order chi connectivity index (χ1) is 13.8. The van der Waals surface area contributed by atoms with E-state index in [1.165, 1.54) is 42.4 Å². The fourth-order valence-electron chi connectivity index (χ4n) is 3.55. The van der Waals surface area contributed by atoms with Crippen LogP contribution in [-0.2, 0) is 32.2 Å². The van der Waals surface area contributed by atoms with E-state index in [0.29, 0.717) is 10.6 Å². The predicted molar refractivity (Wildman–Crippen MR) is 115 cm³/mol. The van der Waals surface area contributed by atoms with Crippen molar-refractivity contribution >= 4 is 38.1 Å². The van der Waals surface area contributed by atoms with Gasteiger partial charge in [0.2, 0.25) is 5.91 Å². The number of benzene rings is 1. The molecule has 8 heteroatoms. The summed E-state index contributed by atoms with van der Waals surface area (Å²) >= 11 is 1.27. The molecule has 1 amide bonds. The average Bonchev–Trinajstić information content (AvgIpc) is 3.09. The fraction of sp³-hybridized carbons (Fsp3) is 0.429. The molecule has 0 bridgehead atoms. The maximum atomic E-state index is 12.5. The number of fused-ring (bicyclic) bond motifs is 1. The number of thiophene rings is 1. The minimum atomic E-state index is -3.11. The molecule has 1 heterocycles. The second kappa shape index (κ2) is 9.09. The van der Waals surface area contributed by atoms with Gasteiger partial charge in [-0.1, -0.05) is 18.2 Å². The van der Waals surface area contributed by atoms with Crippen LogP contribution < -0.4 is 5.32 Å². The van der Waals surface area contributed by atoms with Gasteiger partial charge in [-0.3, -0.25) is 4.79 Å². The number of sulfone groups is 1. The van der Waals surface area contributed by atoms with E-state index in [1.807, 2.05) is 11.4 Å². The quantitative estimate of drug-likeness (QED) is 0.668. The molecule has 0 aliphatic heterocycles. The summed E-state index contributed by atoms with van der Waals surface area (Å²) in [6.45, 7) is 0. The fourth-order valence-corrected chi connectivity index (χ4v) is 5.19. The standard InChI is InChI=1S/C21H25NO5S2/c1-27-21(24)19-17(16-10-9-14-6-3-4-7-15(14)12-16)13-28-20(19)22-18(23)8-5-11-29(2,25)26/h9-10,12-13H,3-8,11H2,1-2H3,(H,22,23). The van der Waals surface area contributed by atoms with E-state index in [9.17, 15) is 18.0 Å². The first kappa shape index (κ1) is 21.5. The maximum Gasteiger partial charge on any atom is 0.341 e. The zero-order valence-corrected chi connectivity index (χ0v) is 18.2. The monoisotopic (exact) mass is 435 g/mol. The van der Waals surface area contributed by atoms with Crippen molar-refractivity contribution in [2.75, 3.05) is 24.4 Å². The maximum absolute atomic E-state index is 12.5. The Bertz CT molecular complexity index is 1020. The van der Waals surface area contributed by atoms with Crippen molar-refractivity contribution in [3.63, 3.8) is 0 Å². The van der Waals surface area contributed by atoms with E-state index in [4.69, 9.17) is 4.74 Å². The summed E-state index contributed by atoms with van der Waals surface area (Å²) in [7, 11) is -1.80. The lowest BCUT2D eigenvalue weighted by Gasteiger charge is -2.16. The van der Waals surface area contributed by atoms with Crippen LogP contribution in [0, 0.1) is 0 Å². The molecule has 156 valence electrons. The van der Waals surface area contributed by atoms with Gasteiger partial charge >= 0.3 is 5.97 Å². The van der Waals surface area contributed by atoms with Gasteiger partial charge in [0.25, 0.3) is 0 Å². The Hall–Kier alpha value is -2.19. The molecule has 0 fully saturated rings. The molecule has 29 heavy (non-hydrogen) atoms. The number of methoxy groups -OCH3 is 1. The molecule has 1 aliphatic carbocycles. The van der Waals surface area contributed by atoms with Gasteiger partial charge in [-0.05, 0) is 48.8 Å². The van der Waals surface area contributed by atoms with Gasteiger partial charge in [-0.15, -0.1) is 11.3 Å². The topological polar surface area (TPSA) is 89.5 Å². The third-order valence-electron chi connectivity index (χ3n) is 5.01. The van der Waals surface area contributed by atoms with E-state index in [-0.39, 0.29) is 24.5 Å². The highest BCUT2D eigenvalue weighted by atomic mass is 32.2. The highest BCUT2D eigenvalue weighted by molar-refractivity contribution is 7.90. The van der Waals surface area contributed by atoms with Gasteiger partial charge in [-0.2, -0.15) is 0 Å². The molecule has 1 N–H and O–H groups in total. The number of carbonyl (C=O) groups is 2. The molecule has 1 aliphatic rings. The second-order valence-electron chi connectivity index (χ2n) is 7.32. The Labute approximate surface area is 175 Å². The second-order valence-corrected chi connectivity index (χ2v) is 10.5. The van der Waals surface area contributed by atoms with Crippen LogP contribution >= 0.6 is 11.3 Å². The Morgan fingerprint density at radius 1 is 1.17 bits per heavy atom. The van der Waals surface area contributed by atoms with E-state index >= 15 is 0 Å². The summed E-state index contributed by atoms with van der Waals surface area (Å²) in [6.07, 6.45) is 5.93. The summed E-state index contributed by atoms with van der Waals surface area (Å²) < 4.78 is 27.4. The summed E-state index contributed by atoms with van der Waals surface area (Å²) in [5.41, 5.74) is 4.67. The third-order valence-corrected chi connectivity index (χ3v) is 6.94. The summed E-state index contributed by atoms with van der Waals surface area (Å²) in [5, 5.41) is 5.02. The largest absolute Gasteiger partial charge is 0.465 e. The summed E-state index contributed by atoms with van der Waals surface area (Å²) in [5.74, 6) is -0.877. The summed E-state index contributed by atoms with van der Waals surface area (Å²) in [6, 6.07) is 6.25. The first-order valence-electron chi connectivity index (χ1n) is 9.58. The number of ether oxygens (including phenoxy) is 1. The molecule has 0 saturated heterocycles. The molecule has 0 atom stereocenters. The van der Waals surface area contributed by atoms with Gasteiger partial charge in [0.15, 0.2) is 0 Å². The number of anilines is 1. The van der Waals surface area contributed by atoms with Crippen molar-refractivity contribution in [1.29, 1.82) is 0 Å². The van der Waals surface area contributed by atoms with Gasteiger partial charge < -0.3 is 10.1 Å². The smallest absolute Gasteiger partial charge is 0.341 e. The third kappa shape index (κ3) is 5.45. The minimum absolute atomic E-state index is 0.0465. The van der Waals surface area contributed by atoms with Crippen LogP contribution in [0.1, 0.15) is 47.2 Å². The van der Waals surface area contributed by atoms with Crippen LogP contribution in [0.4, 0.5) is 5.00 Å². The first-order valence-corrected chi connectivity index (χ1v) is 12.5. The molecule has 6 nitrogen and oxygen atoms in total. The number of esters is 1. The molecule has 0 radical (unpaired) electrons. The lowest BCUT2D eigenvalue weighted by atomic mass is 9.89. The Morgan fingerprint density at radius 2 is 1.90 bits per heavy atom. The molecule has 0 spiro atoms. The van der Waals surface area contributed by atoms with E-state index in [1.54, 1.807) is 0 Å². The molecule has 0 saturated carbocycles. The van der Waals surface area contributed by atoms with E-state index in [2.05, 4.69) is 17.4 Å². The number of rotatable bonds is 7. The van der Waals surface area contributed by atoms with E-state index < -0.39 is 15.8 Å². The number of amides is 1. The van der Waals surface area contributed by atoms with Crippen molar-refractivity contribution in [2.45, 2.75) is 38.5 Å². The number of hydrogen-bond acceptors (Lipinski definition) is 6. The van der Waals surface area contributed by atoms with Gasteiger partial charge in [0.05, 0.1) is 12.9 Å². The average molecular weight is 436 g/mol. The van der Waals surface area contributed by atoms with Crippen LogP contribution in [0.15, 0.2) is 23.6 Å². The van der Waals surface area contributed by atoms with Crippen LogP contribution in [-0.4, -0.2) is 39.4 Å². The lowest BCUT2D eigenvalue weighted by molar-refractivity contribution is -0.116. The number of nitrogens with one attached hydrogen (secondary N) is 1. The van der Waals surface area contributed by atoms with Crippen LogP contribution in [0.5, 0.6) is 0 Å². The van der Waals surface area contributed by atoms with Crippen molar-refractivity contribution in [3.8, 4) is 11.1 Å². The minimum Gasteiger partial charge on any atom is -0.465 e. The van der Waals surface area contributed by atoms with Gasteiger partial charge in [-0.25, -0.2) is 13.2 Å². The SMILES string of the molecule is COC(=O)c1c(-c2ccc3c(c2)CCCC3)csc1NC(=O)CCCS(C)(=O)=O. The lowest BCUT2D eigenvalue weighted by Crippen LogP contribution is -2.15. The molecule has 1 aromatic heterocycles. The van der Waals surface area contributed by atoms with Gasteiger partial charge in [0, 0.05) is 23.6 Å². The predicted octanol–water partition coefficient (Wildman–Crippen LogP) is 3.84. The number of carbonyl (C=O) groups excluding carboxylic acids is 2. The number of hydrogen-bond donors (Lipinski definition) is 1. The summed E-state index contributed by atoms with van der Waals surface area (Å²) in [4.78, 5) is 24.7. The highest BCUT2D eigenvalue weighted by Gasteiger charge is 2.23. The van der Waals surface area contributed by atoms with Crippen molar-refractivity contribution in [1.82, 2.24) is 0 Å². The van der Waals surface area contributed by atoms with Crippen LogP contribution in [0.25, 0.3) is 11.1 Å². The van der Waals surface area contributed by atoms with Crippen molar-refractivity contribution < 1.29 is 22.7 Å². The Kier molecular flexibility index (Phi) is 6.74. The van der Waals surface area contributed by atoms with Crippen LogP contribution in [0.3, 0.4) is 0 Å².